The van der Waals surface area contributed by atoms with Crippen molar-refractivity contribution in [3.05, 3.63) is 28.2 Å². The van der Waals surface area contributed by atoms with Crippen molar-refractivity contribution in [1.82, 2.24) is 5.32 Å². The van der Waals surface area contributed by atoms with Gasteiger partial charge in [0.1, 0.15) is 11.6 Å². The fourth-order valence-corrected chi connectivity index (χ4v) is 2.16. The molecule has 24 heavy (non-hydrogen) atoms. The van der Waals surface area contributed by atoms with E-state index in [1.807, 2.05) is 0 Å². The van der Waals surface area contributed by atoms with Crippen LogP contribution in [0.5, 0.6) is 0 Å². The van der Waals surface area contributed by atoms with Crippen LogP contribution >= 0.6 is 23.2 Å². The number of carbonyl (C=O) groups excluding carboxylic acids is 1. The number of hydrogen-bond donors (Lipinski definition) is 4. The molecule has 9 heteroatoms. The number of carboxylic acid groups (broad SMARTS) is 2. The zero-order chi connectivity index (χ0) is 18.5. The summed E-state index contributed by atoms with van der Waals surface area (Å²) < 4.78 is 0. The molecular weight excluding hydrogens is 359 g/mol. The molecule has 1 aromatic rings. The van der Waals surface area contributed by atoms with Gasteiger partial charge >= 0.3 is 11.9 Å². The number of hydrogen-bond acceptors (Lipinski definition) is 4. The van der Waals surface area contributed by atoms with Crippen molar-refractivity contribution in [3.8, 4) is 0 Å². The lowest BCUT2D eigenvalue weighted by Crippen LogP contribution is -2.55. The van der Waals surface area contributed by atoms with E-state index in [-0.39, 0.29) is 12.8 Å². The largest absolute Gasteiger partial charge is 0.481 e. The monoisotopic (exact) mass is 376 g/mol. The summed E-state index contributed by atoms with van der Waals surface area (Å²) in [6, 6.07) is 3.95. The quantitative estimate of drug-likeness (QED) is 0.554. The first-order chi connectivity index (χ1) is 11.0. The summed E-state index contributed by atoms with van der Waals surface area (Å²) in [5.74, 6) is -3.03. The van der Waals surface area contributed by atoms with Gasteiger partial charge in [0.25, 0.3) is 0 Å². The third-order valence-electron chi connectivity index (χ3n) is 3.41. The van der Waals surface area contributed by atoms with Gasteiger partial charge in [0, 0.05) is 12.1 Å². The fraction of sp³-hybridized carbons (Fsp3) is 0.400. The summed E-state index contributed by atoms with van der Waals surface area (Å²) in [5, 5.41) is 23.9. The van der Waals surface area contributed by atoms with Gasteiger partial charge in [-0.25, -0.2) is 4.79 Å². The van der Waals surface area contributed by atoms with Gasteiger partial charge in [0.15, 0.2) is 0 Å². The molecule has 2 atom stereocenters. The van der Waals surface area contributed by atoms with E-state index < -0.39 is 29.4 Å². The van der Waals surface area contributed by atoms with Crippen LogP contribution in [0.15, 0.2) is 18.2 Å². The van der Waals surface area contributed by atoms with Crippen LogP contribution in [0, 0.1) is 0 Å². The molecule has 0 unspecified atom stereocenters. The van der Waals surface area contributed by atoms with Crippen LogP contribution in [0.4, 0.5) is 5.69 Å². The van der Waals surface area contributed by atoms with E-state index >= 15 is 0 Å². The Hall–Kier alpha value is -1.99. The molecule has 1 aromatic carbocycles. The average molecular weight is 377 g/mol. The molecule has 0 saturated carbocycles. The van der Waals surface area contributed by atoms with E-state index in [2.05, 4.69) is 10.6 Å². The van der Waals surface area contributed by atoms with Crippen molar-refractivity contribution in [2.75, 3.05) is 5.32 Å². The fourth-order valence-electron chi connectivity index (χ4n) is 1.86. The number of amides is 1. The summed E-state index contributed by atoms with van der Waals surface area (Å²) >= 11 is 11.7. The molecule has 0 aliphatic rings. The highest BCUT2D eigenvalue weighted by Crippen LogP contribution is 2.25. The van der Waals surface area contributed by atoms with Crippen LogP contribution in [0.25, 0.3) is 0 Å². The van der Waals surface area contributed by atoms with E-state index in [1.54, 1.807) is 12.1 Å². The van der Waals surface area contributed by atoms with Gasteiger partial charge in [0.05, 0.1) is 10.0 Å². The Labute approximate surface area is 148 Å². The maximum Gasteiger partial charge on any atom is 0.329 e. The van der Waals surface area contributed by atoms with Crippen LogP contribution in [-0.4, -0.2) is 39.6 Å². The summed E-state index contributed by atoms with van der Waals surface area (Å²) in [7, 11) is 0. The Morgan fingerprint density at radius 1 is 1.21 bits per heavy atom. The van der Waals surface area contributed by atoms with E-state index in [0.29, 0.717) is 15.7 Å². The van der Waals surface area contributed by atoms with Gasteiger partial charge in [-0.1, -0.05) is 23.2 Å². The summed E-state index contributed by atoms with van der Waals surface area (Å²) in [6.07, 6.45) is -0.611. The number of halogens is 2. The first kappa shape index (κ1) is 20.1. The lowest BCUT2D eigenvalue weighted by molar-refractivity contribution is -0.148. The summed E-state index contributed by atoms with van der Waals surface area (Å²) in [5.41, 5.74) is -1.14. The molecule has 0 aromatic heterocycles. The molecule has 0 saturated heterocycles. The summed E-state index contributed by atoms with van der Waals surface area (Å²) in [6.45, 7) is 2.80. The second kappa shape index (κ2) is 8.21. The van der Waals surface area contributed by atoms with Crippen molar-refractivity contribution in [3.63, 3.8) is 0 Å². The predicted octanol–water partition coefficient (Wildman–Crippen LogP) is 2.62. The SMILES string of the molecule is C[C@H](Nc1ccc(Cl)c(Cl)c1)C(=O)N[C@@](C)(CCC(=O)O)C(=O)O. The number of carboxylic acids is 2. The molecule has 0 aliphatic heterocycles. The Balaban J connectivity index is 2.77. The first-order valence-electron chi connectivity index (χ1n) is 7.04. The van der Waals surface area contributed by atoms with Gasteiger partial charge in [-0.05, 0) is 38.5 Å². The van der Waals surface area contributed by atoms with Crippen LogP contribution in [-0.2, 0) is 14.4 Å². The second-order valence-corrected chi connectivity index (χ2v) is 6.33. The Bertz CT molecular complexity index is 653. The molecule has 0 fully saturated rings. The maximum atomic E-state index is 12.2. The minimum absolute atomic E-state index is 0.233. The van der Waals surface area contributed by atoms with Crippen molar-refractivity contribution in [2.24, 2.45) is 0 Å². The molecule has 4 N–H and O–H groups in total. The number of aliphatic carboxylic acids is 2. The van der Waals surface area contributed by atoms with Gasteiger partial charge < -0.3 is 20.8 Å². The highest BCUT2D eigenvalue weighted by molar-refractivity contribution is 6.42. The summed E-state index contributed by atoms with van der Waals surface area (Å²) in [4.78, 5) is 34.2. The van der Waals surface area contributed by atoms with Gasteiger partial charge in [0.2, 0.25) is 5.91 Å². The third-order valence-corrected chi connectivity index (χ3v) is 4.15. The van der Waals surface area contributed by atoms with Crippen LogP contribution in [0.3, 0.4) is 0 Å². The van der Waals surface area contributed by atoms with Crippen LogP contribution in [0.1, 0.15) is 26.7 Å². The Kier molecular flexibility index (Phi) is 6.86. The molecule has 0 aliphatic carbocycles. The van der Waals surface area contributed by atoms with E-state index in [9.17, 15) is 19.5 Å². The predicted molar refractivity (Wildman–Crippen MR) is 90.6 cm³/mol. The van der Waals surface area contributed by atoms with Crippen LogP contribution < -0.4 is 10.6 Å². The zero-order valence-corrected chi connectivity index (χ0v) is 14.6. The highest BCUT2D eigenvalue weighted by atomic mass is 35.5. The smallest absolute Gasteiger partial charge is 0.329 e. The standard InChI is InChI=1S/C15H18Cl2N2O5/c1-8(18-9-3-4-10(16)11(17)7-9)13(22)19-15(2,14(23)24)6-5-12(20)21/h3-4,7-8,18H,5-6H2,1-2H3,(H,19,22)(H,20,21)(H,23,24)/t8-,15-/m0/s1. The second-order valence-electron chi connectivity index (χ2n) is 5.52. The molecule has 0 heterocycles. The number of anilines is 1. The molecule has 7 nitrogen and oxygen atoms in total. The molecular formula is C15H18Cl2N2O5. The number of carbonyl (C=O) groups is 3. The van der Waals surface area contributed by atoms with E-state index in [4.69, 9.17) is 28.3 Å². The van der Waals surface area contributed by atoms with Crippen molar-refractivity contribution < 1.29 is 24.6 Å². The van der Waals surface area contributed by atoms with Gasteiger partial charge in [-0.15, -0.1) is 0 Å². The molecule has 0 spiro atoms. The number of benzene rings is 1. The Morgan fingerprint density at radius 3 is 2.33 bits per heavy atom. The molecule has 1 amide bonds. The topological polar surface area (TPSA) is 116 Å². The number of rotatable bonds is 8. The molecule has 1 rings (SSSR count). The van der Waals surface area contributed by atoms with Gasteiger partial charge in [-0.2, -0.15) is 0 Å². The lowest BCUT2D eigenvalue weighted by Gasteiger charge is -2.27. The third kappa shape index (κ3) is 5.58. The van der Waals surface area contributed by atoms with E-state index in [0.717, 1.165) is 0 Å². The minimum atomic E-state index is -1.68. The van der Waals surface area contributed by atoms with Crippen LogP contribution in [0.2, 0.25) is 10.0 Å². The highest BCUT2D eigenvalue weighted by Gasteiger charge is 2.36. The maximum absolute atomic E-state index is 12.2. The molecule has 0 radical (unpaired) electrons. The lowest BCUT2D eigenvalue weighted by atomic mass is 9.95. The van der Waals surface area contributed by atoms with Crippen molar-refractivity contribution >= 4 is 46.7 Å². The first-order valence-corrected chi connectivity index (χ1v) is 7.79. The minimum Gasteiger partial charge on any atom is -0.481 e. The normalized spacial score (nSPS) is 14.3. The zero-order valence-electron chi connectivity index (χ0n) is 13.1. The molecule has 132 valence electrons. The van der Waals surface area contributed by atoms with Crippen molar-refractivity contribution in [1.29, 1.82) is 0 Å². The molecule has 0 bridgehead atoms. The Morgan fingerprint density at radius 2 is 1.83 bits per heavy atom. The number of nitrogens with one attached hydrogen (secondary N) is 2. The van der Waals surface area contributed by atoms with Crippen molar-refractivity contribution in [2.45, 2.75) is 38.3 Å². The van der Waals surface area contributed by atoms with E-state index in [1.165, 1.54) is 19.9 Å². The average Bonchev–Trinajstić information content (AvgIpc) is 2.48. The van der Waals surface area contributed by atoms with Gasteiger partial charge in [-0.3, -0.25) is 9.59 Å².